The van der Waals surface area contributed by atoms with Gasteiger partial charge in [0.25, 0.3) is 0 Å². The SMILES string of the molecule is O=C(CCCc1ccccc1)N1CCN(C(=O)C2CCN(c3ccccc3Br)C2=O)CC1. The van der Waals surface area contributed by atoms with E-state index >= 15 is 0 Å². The molecule has 0 N–H and O–H groups in total. The van der Waals surface area contributed by atoms with E-state index in [0.717, 1.165) is 23.0 Å². The van der Waals surface area contributed by atoms with Crippen molar-refractivity contribution in [3.63, 3.8) is 0 Å². The number of carbonyl (C=O) groups excluding carboxylic acids is 3. The van der Waals surface area contributed by atoms with Crippen LogP contribution in [0.15, 0.2) is 59.1 Å². The fraction of sp³-hybridized carbons (Fsp3) is 0.400. The van der Waals surface area contributed by atoms with Crippen molar-refractivity contribution in [1.29, 1.82) is 0 Å². The van der Waals surface area contributed by atoms with E-state index in [-0.39, 0.29) is 17.7 Å². The maximum absolute atomic E-state index is 13.0. The summed E-state index contributed by atoms with van der Waals surface area (Å²) in [5, 5.41) is 0. The van der Waals surface area contributed by atoms with Gasteiger partial charge in [-0.3, -0.25) is 14.4 Å². The van der Waals surface area contributed by atoms with Crippen molar-refractivity contribution in [2.24, 2.45) is 5.92 Å². The number of amides is 3. The zero-order chi connectivity index (χ0) is 22.5. The number of hydrogen-bond donors (Lipinski definition) is 0. The molecule has 2 aromatic rings. The summed E-state index contributed by atoms with van der Waals surface area (Å²) in [5.74, 6) is -0.734. The smallest absolute Gasteiger partial charge is 0.239 e. The highest BCUT2D eigenvalue weighted by Crippen LogP contribution is 2.32. The first-order valence-corrected chi connectivity index (χ1v) is 12.0. The second kappa shape index (κ2) is 10.3. The van der Waals surface area contributed by atoms with E-state index in [1.165, 1.54) is 5.56 Å². The lowest BCUT2D eigenvalue weighted by Gasteiger charge is -2.35. The highest BCUT2D eigenvalue weighted by molar-refractivity contribution is 9.10. The number of rotatable bonds is 6. The molecule has 1 unspecified atom stereocenters. The monoisotopic (exact) mass is 497 g/mol. The van der Waals surface area contributed by atoms with E-state index in [2.05, 4.69) is 28.1 Å². The minimum Gasteiger partial charge on any atom is -0.339 e. The summed E-state index contributed by atoms with van der Waals surface area (Å²) >= 11 is 3.49. The van der Waals surface area contributed by atoms with Crippen LogP contribution >= 0.6 is 15.9 Å². The first-order valence-electron chi connectivity index (χ1n) is 11.2. The Bertz CT molecular complexity index is 973. The van der Waals surface area contributed by atoms with Crippen LogP contribution in [0.2, 0.25) is 0 Å². The number of anilines is 1. The van der Waals surface area contributed by atoms with E-state index in [4.69, 9.17) is 0 Å². The molecule has 0 radical (unpaired) electrons. The summed E-state index contributed by atoms with van der Waals surface area (Å²) in [6, 6.07) is 17.8. The number of aryl methyl sites for hydroxylation is 1. The molecule has 6 nitrogen and oxygen atoms in total. The Balaban J connectivity index is 1.25. The molecule has 0 spiro atoms. The fourth-order valence-electron chi connectivity index (χ4n) is 4.46. The molecule has 2 aromatic carbocycles. The molecule has 2 aliphatic heterocycles. The quantitative estimate of drug-likeness (QED) is 0.573. The van der Waals surface area contributed by atoms with E-state index < -0.39 is 5.92 Å². The highest BCUT2D eigenvalue weighted by atomic mass is 79.9. The van der Waals surface area contributed by atoms with Crippen molar-refractivity contribution in [3.05, 3.63) is 64.6 Å². The van der Waals surface area contributed by atoms with E-state index in [1.54, 1.807) is 9.80 Å². The third kappa shape index (κ3) is 5.04. The molecule has 2 saturated heterocycles. The molecular weight excluding hydrogens is 470 g/mol. The Morgan fingerprint density at radius 1 is 0.875 bits per heavy atom. The van der Waals surface area contributed by atoms with Crippen molar-refractivity contribution >= 4 is 39.3 Å². The molecule has 0 aromatic heterocycles. The third-order valence-electron chi connectivity index (χ3n) is 6.29. The summed E-state index contributed by atoms with van der Waals surface area (Å²) in [6.07, 6.45) is 2.76. The predicted molar refractivity (Wildman–Crippen MR) is 127 cm³/mol. The highest BCUT2D eigenvalue weighted by Gasteiger charge is 2.40. The van der Waals surface area contributed by atoms with Crippen molar-refractivity contribution in [2.45, 2.75) is 25.7 Å². The first-order chi connectivity index (χ1) is 15.5. The van der Waals surface area contributed by atoms with Crippen LogP contribution < -0.4 is 4.90 Å². The van der Waals surface area contributed by atoms with Crippen LogP contribution in [0.1, 0.15) is 24.8 Å². The Morgan fingerprint density at radius 2 is 1.53 bits per heavy atom. The largest absolute Gasteiger partial charge is 0.339 e. The van der Waals surface area contributed by atoms with Gasteiger partial charge in [-0.1, -0.05) is 42.5 Å². The molecule has 0 aliphatic carbocycles. The molecule has 3 amide bonds. The van der Waals surface area contributed by atoms with E-state index in [9.17, 15) is 14.4 Å². The summed E-state index contributed by atoms with van der Waals surface area (Å²) in [6.45, 7) is 2.58. The molecule has 168 valence electrons. The fourth-order valence-corrected chi connectivity index (χ4v) is 4.96. The first kappa shape index (κ1) is 22.5. The van der Waals surface area contributed by atoms with Gasteiger partial charge >= 0.3 is 0 Å². The average Bonchev–Trinajstić information content (AvgIpc) is 3.20. The minimum absolute atomic E-state index is 0.110. The topological polar surface area (TPSA) is 60.9 Å². The molecule has 0 bridgehead atoms. The van der Waals surface area contributed by atoms with Gasteiger partial charge in [0.2, 0.25) is 17.7 Å². The number of nitrogens with zero attached hydrogens (tertiary/aromatic N) is 3. The van der Waals surface area contributed by atoms with Crippen LogP contribution in [0.3, 0.4) is 0 Å². The number of para-hydroxylation sites is 1. The van der Waals surface area contributed by atoms with Crippen LogP contribution in [0.25, 0.3) is 0 Å². The normalized spacial score (nSPS) is 18.8. The Morgan fingerprint density at radius 3 is 2.25 bits per heavy atom. The van der Waals surface area contributed by atoms with Crippen molar-refractivity contribution < 1.29 is 14.4 Å². The molecule has 2 fully saturated rings. The average molecular weight is 498 g/mol. The van der Waals surface area contributed by atoms with Gasteiger partial charge in [-0.25, -0.2) is 0 Å². The van der Waals surface area contributed by atoms with Crippen LogP contribution in [-0.2, 0) is 20.8 Å². The third-order valence-corrected chi connectivity index (χ3v) is 6.96. The molecule has 4 rings (SSSR count). The molecule has 32 heavy (non-hydrogen) atoms. The minimum atomic E-state index is -0.629. The van der Waals surface area contributed by atoms with Gasteiger partial charge in [-0.05, 0) is 52.9 Å². The molecule has 1 atom stereocenters. The second-order valence-corrected chi connectivity index (χ2v) is 9.18. The van der Waals surface area contributed by atoms with Gasteiger partial charge in [0.05, 0.1) is 5.69 Å². The van der Waals surface area contributed by atoms with Crippen LogP contribution in [0.4, 0.5) is 5.69 Å². The Kier molecular flexibility index (Phi) is 7.25. The van der Waals surface area contributed by atoms with E-state index in [0.29, 0.717) is 45.6 Å². The second-order valence-electron chi connectivity index (χ2n) is 8.33. The number of piperazine rings is 1. The predicted octanol–water partition coefficient (Wildman–Crippen LogP) is 3.50. The summed E-state index contributed by atoms with van der Waals surface area (Å²) in [4.78, 5) is 43.8. The molecule has 7 heteroatoms. The van der Waals surface area contributed by atoms with Crippen LogP contribution in [0.5, 0.6) is 0 Å². The van der Waals surface area contributed by atoms with E-state index in [1.807, 2.05) is 47.4 Å². The zero-order valence-corrected chi connectivity index (χ0v) is 19.7. The van der Waals surface area contributed by atoms with Gasteiger partial charge in [0.15, 0.2) is 0 Å². The lowest BCUT2D eigenvalue weighted by Crippen LogP contribution is -2.52. The Hall–Kier alpha value is -2.67. The van der Waals surface area contributed by atoms with Crippen molar-refractivity contribution in [3.8, 4) is 0 Å². The lowest BCUT2D eigenvalue weighted by molar-refractivity contribution is -0.144. The maximum Gasteiger partial charge on any atom is 0.239 e. The molecule has 2 heterocycles. The van der Waals surface area contributed by atoms with Gasteiger partial charge in [0.1, 0.15) is 5.92 Å². The Labute approximate surface area is 197 Å². The van der Waals surface area contributed by atoms with Crippen molar-refractivity contribution in [1.82, 2.24) is 9.80 Å². The van der Waals surface area contributed by atoms with Gasteiger partial charge in [-0.15, -0.1) is 0 Å². The van der Waals surface area contributed by atoms with Gasteiger partial charge in [0, 0.05) is 43.6 Å². The molecule has 0 saturated carbocycles. The zero-order valence-electron chi connectivity index (χ0n) is 18.1. The number of benzene rings is 2. The summed E-state index contributed by atoms with van der Waals surface area (Å²) < 4.78 is 0.848. The van der Waals surface area contributed by atoms with Crippen molar-refractivity contribution in [2.75, 3.05) is 37.6 Å². The molecule has 2 aliphatic rings. The molecular formula is C25H28BrN3O3. The number of hydrogen-bond acceptors (Lipinski definition) is 3. The standard InChI is InChI=1S/C25H28BrN3O3/c26-21-10-4-5-11-22(21)29-14-13-20(25(29)32)24(31)28-17-15-27(16-18-28)23(30)12-6-9-19-7-2-1-3-8-19/h1-5,7-8,10-11,20H,6,9,12-18H2. The van der Waals surface area contributed by atoms with Gasteiger partial charge in [-0.2, -0.15) is 0 Å². The van der Waals surface area contributed by atoms with Crippen LogP contribution in [-0.4, -0.2) is 60.2 Å². The maximum atomic E-state index is 13.0. The number of halogens is 1. The summed E-state index contributed by atoms with van der Waals surface area (Å²) in [5.41, 5.74) is 2.05. The lowest BCUT2D eigenvalue weighted by atomic mass is 10.1. The summed E-state index contributed by atoms with van der Waals surface area (Å²) in [7, 11) is 0. The number of carbonyl (C=O) groups is 3. The van der Waals surface area contributed by atoms with Crippen LogP contribution in [0, 0.1) is 5.92 Å². The van der Waals surface area contributed by atoms with Gasteiger partial charge < -0.3 is 14.7 Å².